The van der Waals surface area contributed by atoms with E-state index in [4.69, 9.17) is 11.6 Å². The lowest BCUT2D eigenvalue weighted by molar-refractivity contribution is -0.137. The average molecular weight is 396 g/mol. The maximum atomic E-state index is 12.9. The SMILES string of the molecule is O=C(NCc1ccc(Cl)c(C(F)(F)F)c1)Nc1ccc(O)c2cnccc12. The molecule has 3 rings (SSSR count). The molecule has 2 amide bonds. The predicted molar refractivity (Wildman–Crippen MR) is 95.7 cm³/mol. The molecule has 0 atom stereocenters. The van der Waals surface area contributed by atoms with Crippen LogP contribution in [0.3, 0.4) is 0 Å². The van der Waals surface area contributed by atoms with Gasteiger partial charge in [-0.05, 0) is 35.9 Å². The lowest BCUT2D eigenvalue weighted by Crippen LogP contribution is -2.28. The predicted octanol–water partition coefficient (Wildman–Crippen LogP) is 4.93. The van der Waals surface area contributed by atoms with Gasteiger partial charge in [0.2, 0.25) is 0 Å². The maximum Gasteiger partial charge on any atom is 0.417 e. The highest BCUT2D eigenvalue weighted by Crippen LogP contribution is 2.35. The van der Waals surface area contributed by atoms with Crippen LogP contribution in [0.2, 0.25) is 5.02 Å². The summed E-state index contributed by atoms with van der Waals surface area (Å²) in [5, 5.41) is 15.5. The fraction of sp³-hybridized carbons (Fsp3) is 0.111. The summed E-state index contributed by atoms with van der Waals surface area (Å²) in [4.78, 5) is 16.0. The van der Waals surface area contributed by atoms with Gasteiger partial charge < -0.3 is 15.7 Å². The van der Waals surface area contributed by atoms with Crippen LogP contribution in [-0.4, -0.2) is 16.1 Å². The van der Waals surface area contributed by atoms with Gasteiger partial charge >= 0.3 is 12.2 Å². The summed E-state index contributed by atoms with van der Waals surface area (Å²) in [7, 11) is 0. The number of benzene rings is 2. The minimum absolute atomic E-state index is 0.0184. The van der Waals surface area contributed by atoms with Gasteiger partial charge in [0.1, 0.15) is 5.75 Å². The first kappa shape index (κ1) is 18.8. The number of anilines is 1. The number of carbonyl (C=O) groups is 1. The van der Waals surface area contributed by atoms with E-state index in [1.165, 1.54) is 30.6 Å². The summed E-state index contributed by atoms with van der Waals surface area (Å²) in [5.74, 6) is 0.0184. The van der Waals surface area contributed by atoms with Crippen LogP contribution in [0.25, 0.3) is 10.8 Å². The first-order valence-corrected chi connectivity index (χ1v) is 8.09. The van der Waals surface area contributed by atoms with Crippen molar-refractivity contribution < 1.29 is 23.1 Å². The Hall–Kier alpha value is -3.00. The molecule has 0 saturated carbocycles. The monoisotopic (exact) mass is 395 g/mol. The van der Waals surface area contributed by atoms with E-state index in [9.17, 15) is 23.1 Å². The van der Waals surface area contributed by atoms with Gasteiger partial charge in [0.15, 0.2) is 0 Å². The molecule has 0 aliphatic carbocycles. The minimum atomic E-state index is -4.58. The summed E-state index contributed by atoms with van der Waals surface area (Å²) >= 11 is 5.57. The van der Waals surface area contributed by atoms with Crippen molar-refractivity contribution >= 4 is 34.1 Å². The van der Waals surface area contributed by atoms with E-state index in [1.807, 2.05) is 0 Å². The van der Waals surface area contributed by atoms with Crippen LogP contribution in [0.4, 0.5) is 23.7 Å². The number of amides is 2. The maximum absolute atomic E-state index is 12.9. The molecule has 0 radical (unpaired) electrons. The van der Waals surface area contributed by atoms with Crippen molar-refractivity contribution in [1.29, 1.82) is 0 Å². The van der Waals surface area contributed by atoms with E-state index < -0.39 is 22.8 Å². The third kappa shape index (κ3) is 4.22. The van der Waals surface area contributed by atoms with Gasteiger partial charge in [0.25, 0.3) is 0 Å². The molecular weight excluding hydrogens is 383 g/mol. The number of nitrogens with zero attached hydrogens (tertiary/aromatic N) is 1. The van der Waals surface area contributed by atoms with E-state index in [1.54, 1.807) is 6.07 Å². The van der Waals surface area contributed by atoms with Crippen LogP contribution in [0.15, 0.2) is 48.8 Å². The van der Waals surface area contributed by atoms with Crippen molar-refractivity contribution in [2.45, 2.75) is 12.7 Å². The summed E-state index contributed by atoms with van der Waals surface area (Å²) in [6.45, 7) is -0.121. The van der Waals surface area contributed by atoms with Crippen LogP contribution in [0.1, 0.15) is 11.1 Å². The number of fused-ring (bicyclic) bond motifs is 1. The highest BCUT2D eigenvalue weighted by molar-refractivity contribution is 6.31. The second-order valence-electron chi connectivity index (χ2n) is 5.67. The van der Waals surface area contributed by atoms with Crippen LogP contribution < -0.4 is 10.6 Å². The van der Waals surface area contributed by atoms with Gasteiger partial charge in [-0.25, -0.2) is 4.79 Å². The summed E-state index contributed by atoms with van der Waals surface area (Å²) < 4.78 is 38.7. The number of phenols is 1. The highest BCUT2D eigenvalue weighted by atomic mass is 35.5. The first-order valence-electron chi connectivity index (χ1n) is 7.72. The topological polar surface area (TPSA) is 74.2 Å². The Labute approximate surface area is 156 Å². The smallest absolute Gasteiger partial charge is 0.417 e. The molecule has 3 N–H and O–H groups in total. The zero-order valence-electron chi connectivity index (χ0n) is 13.6. The van der Waals surface area contributed by atoms with E-state index >= 15 is 0 Å². The van der Waals surface area contributed by atoms with Gasteiger partial charge in [0.05, 0.1) is 16.3 Å². The second-order valence-corrected chi connectivity index (χ2v) is 6.08. The van der Waals surface area contributed by atoms with Gasteiger partial charge in [-0.2, -0.15) is 13.2 Å². The van der Waals surface area contributed by atoms with Crippen LogP contribution >= 0.6 is 11.6 Å². The first-order chi connectivity index (χ1) is 12.8. The molecule has 1 heterocycles. The summed E-state index contributed by atoms with van der Waals surface area (Å²) in [6.07, 6.45) is -1.61. The van der Waals surface area contributed by atoms with E-state index in [2.05, 4.69) is 15.6 Å². The molecule has 0 unspecified atom stereocenters. The number of pyridine rings is 1. The number of aromatic nitrogens is 1. The molecular formula is C18H13ClF3N3O2. The largest absolute Gasteiger partial charge is 0.507 e. The lowest BCUT2D eigenvalue weighted by Gasteiger charge is -2.13. The Morgan fingerprint density at radius 3 is 2.67 bits per heavy atom. The normalized spacial score (nSPS) is 11.4. The fourth-order valence-electron chi connectivity index (χ4n) is 2.53. The van der Waals surface area contributed by atoms with Gasteiger partial charge in [-0.3, -0.25) is 4.98 Å². The standard InChI is InChI=1S/C18H13ClF3N3O2/c19-14-2-1-10(7-13(14)18(20,21)22)8-24-17(27)25-15-3-4-16(26)12-9-23-6-5-11(12)15/h1-7,9,26H,8H2,(H2,24,25,27). The summed E-state index contributed by atoms with van der Waals surface area (Å²) in [6, 6.07) is 7.38. The molecule has 1 aromatic heterocycles. The Bertz CT molecular complexity index is 1010. The highest BCUT2D eigenvalue weighted by Gasteiger charge is 2.33. The number of hydrogen-bond acceptors (Lipinski definition) is 3. The number of alkyl halides is 3. The van der Waals surface area contributed by atoms with E-state index in [-0.39, 0.29) is 17.9 Å². The number of phenolic OH excluding ortho intramolecular Hbond substituents is 1. The van der Waals surface area contributed by atoms with Crippen molar-refractivity contribution in [2.24, 2.45) is 0 Å². The fourth-order valence-corrected chi connectivity index (χ4v) is 2.76. The van der Waals surface area contributed by atoms with Crippen LogP contribution in [0.5, 0.6) is 5.75 Å². The van der Waals surface area contributed by atoms with Crippen molar-refractivity contribution in [3.05, 3.63) is 64.9 Å². The minimum Gasteiger partial charge on any atom is -0.507 e. The van der Waals surface area contributed by atoms with Gasteiger partial charge in [0, 0.05) is 29.7 Å². The molecule has 0 saturated heterocycles. The van der Waals surface area contributed by atoms with Crippen molar-refractivity contribution in [2.75, 3.05) is 5.32 Å². The van der Waals surface area contributed by atoms with E-state index in [0.717, 1.165) is 12.1 Å². The average Bonchev–Trinajstić information content (AvgIpc) is 2.63. The number of carbonyl (C=O) groups excluding carboxylic acids is 1. The quantitative estimate of drug-likeness (QED) is 0.550. The van der Waals surface area contributed by atoms with Gasteiger partial charge in [-0.15, -0.1) is 0 Å². The molecule has 27 heavy (non-hydrogen) atoms. The molecule has 0 spiro atoms. The Balaban J connectivity index is 1.72. The molecule has 0 fully saturated rings. The number of hydrogen-bond donors (Lipinski definition) is 3. The number of aromatic hydroxyl groups is 1. The molecule has 5 nitrogen and oxygen atoms in total. The van der Waals surface area contributed by atoms with Crippen molar-refractivity contribution in [1.82, 2.24) is 10.3 Å². The third-order valence-corrected chi connectivity index (χ3v) is 4.16. The van der Waals surface area contributed by atoms with Crippen LogP contribution in [0, 0.1) is 0 Å². The lowest BCUT2D eigenvalue weighted by atomic mass is 10.1. The third-order valence-electron chi connectivity index (χ3n) is 3.83. The molecule has 140 valence electrons. The second kappa shape index (κ2) is 7.32. The Morgan fingerprint density at radius 1 is 1.15 bits per heavy atom. The van der Waals surface area contributed by atoms with Crippen molar-refractivity contribution in [3.8, 4) is 5.75 Å². The zero-order chi connectivity index (χ0) is 19.6. The molecule has 2 aromatic carbocycles. The zero-order valence-corrected chi connectivity index (χ0v) is 14.4. The van der Waals surface area contributed by atoms with Crippen molar-refractivity contribution in [3.63, 3.8) is 0 Å². The van der Waals surface area contributed by atoms with E-state index in [0.29, 0.717) is 16.5 Å². The number of rotatable bonds is 3. The molecule has 9 heteroatoms. The van der Waals surface area contributed by atoms with Crippen LogP contribution in [-0.2, 0) is 12.7 Å². The molecule has 3 aromatic rings. The van der Waals surface area contributed by atoms with Gasteiger partial charge in [-0.1, -0.05) is 17.7 Å². The Morgan fingerprint density at radius 2 is 1.93 bits per heavy atom. The number of nitrogens with one attached hydrogen (secondary N) is 2. The molecule has 0 aliphatic heterocycles. The molecule has 0 aliphatic rings. The number of urea groups is 1. The molecule has 0 bridgehead atoms. The summed E-state index contributed by atoms with van der Waals surface area (Å²) in [5.41, 5.74) is -0.280. The Kier molecular flexibility index (Phi) is 5.09. The number of halogens is 4.